The number of piperazine rings is 1. The third-order valence-electron chi connectivity index (χ3n) is 5.32. The molecule has 31 heavy (non-hydrogen) atoms. The molecule has 1 aliphatic rings. The highest BCUT2D eigenvalue weighted by Crippen LogP contribution is 2.21. The van der Waals surface area contributed by atoms with E-state index in [0.29, 0.717) is 18.7 Å². The van der Waals surface area contributed by atoms with Gasteiger partial charge in [-0.1, -0.05) is 31.9 Å². The molecule has 0 aliphatic carbocycles. The maximum Gasteiger partial charge on any atom is 0.410 e. The van der Waals surface area contributed by atoms with Gasteiger partial charge in [0.25, 0.3) is 0 Å². The lowest BCUT2D eigenvalue weighted by Gasteiger charge is -2.43. The van der Waals surface area contributed by atoms with Crippen LogP contribution in [0.25, 0.3) is 0 Å². The summed E-state index contributed by atoms with van der Waals surface area (Å²) in [5.74, 6) is -0.349. The van der Waals surface area contributed by atoms with Crippen LogP contribution in [0.2, 0.25) is 0 Å². The third kappa shape index (κ3) is 7.40. The van der Waals surface area contributed by atoms with Crippen LogP contribution in [0.5, 0.6) is 0 Å². The van der Waals surface area contributed by atoms with Gasteiger partial charge in [0.1, 0.15) is 18.0 Å². The summed E-state index contributed by atoms with van der Waals surface area (Å²) in [6.07, 6.45) is 3.24. The van der Waals surface area contributed by atoms with Crippen LogP contribution in [0.4, 0.5) is 14.0 Å². The maximum atomic E-state index is 14.4. The van der Waals surface area contributed by atoms with Gasteiger partial charge in [0, 0.05) is 18.7 Å². The number of amides is 2. The maximum absolute atomic E-state index is 14.4. The van der Waals surface area contributed by atoms with Crippen LogP contribution in [0.15, 0.2) is 18.2 Å². The summed E-state index contributed by atoms with van der Waals surface area (Å²) in [7, 11) is 0. The predicted molar refractivity (Wildman–Crippen MR) is 118 cm³/mol. The first kappa shape index (κ1) is 25.0. The zero-order valence-electron chi connectivity index (χ0n) is 19.7. The molecule has 2 unspecified atom stereocenters. The smallest absolute Gasteiger partial charge is 0.410 e. The SMILES string of the molecule is CCCCCc1ccc(COC(=O)N2C(C)CN(C(=O)OC(C)(C)C)CC2C)c(F)c1. The fourth-order valence-corrected chi connectivity index (χ4v) is 3.81. The van der Waals surface area contributed by atoms with Gasteiger partial charge in [-0.05, 0) is 59.1 Å². The molecule has 0 aromatic heterocycles. The predicted octanol–water partition coefficient (Wildman–Crippen LogP) is 5.52. The normalized spacial score (nSPS) is 19.3. The molecule has 0 radical (unpaired) electrons. The highest BCUT2D eigenvalue weighted by molar-refractivity contribution is 5.71. The molecule has 1 fully saturated rings. The number of benzene rings is 1. The number of hydrogen-bond acceptors (Lipinski definition) is 4. The Balaban J connectivity index is 1.92. The lowest BCUT2D eigenvalue weighted by molar-refractivity contribution is -0.00983. The Bertz CT molecular complexity index is 750. The number of ether oxygens (including phenoxy) is 2. The fraction of sp³-hybridized carbons (Fsp3) is 0.667. The second-order valence-electron chi connectivity index (χ2n) is 9.43. The van der Waals surface area contributed by atoms with Crippen LogP contribution in [0.1, 0.15) is 71.9 Å². The van der Waals surface area contributed by atoms with Crippen LogP contribution in [0.3, 0.4) is 0 Å². The largest absolute Gasteiger partial charge is 0.444 e. The van der Waals surface area contributed by atoms with Gasteiger partial charge in [0.2, 0.25) is 0 Å². The molecule has 174 valence electrons. The number of unbranched alkanes of at least 4 members (excludes halogenated alkanes) is 2. The molecule has 2 rings (SSSR count). The van der Waals surface area contributed by atoms with Crippen molar-refractivity contribution < 1.29 is 23.5 Å². The highest BCUT2D eigenvalue weighted by atomic mass is 19.1. The standard InChI is InChI=1S/C24H37FN2O4/c1-7-8-9-10-19-11-12-20(21(25)13-19)16-30-23(29)27-17(2)14-26(15-18(27)3)22(28)31-24(4,5)6/h11-13,17-18H,7-10,14-16H2,1-6H3. The molecule has 1 aliphatic heterocycles. The van der Waals surface area contributed by atoms with E-state index in [1.54, 1.807) is 15.9 Å². The van der Waals surface area contributed by atoms with Crippen molar-refractivity contribution in [1.29, 1.82) is 0 Å². The summed E-state index contributed by atoms with van der Waals surface area (Å²) in [5.41, 5.74) is 0.747. The average molecular weight is 437 g/mol. The first-order valence-electron chi connectivity index (χ1n) is 11.2. The number of hydrogen-bond donors (Lipinski definition) is 0. The van der Waals surface area contributed by atoms with E-state index in [2.05, 4.69) is 6.92 Å². The monoisotopic (exact) mass is 436 g/mol. The fourth-order valence-electron chi connectivity index (χ4n) is 3.81. The van der Waals surface area contributed by atoms with Crippen molar-refractivity contribution in [2.75, 3.05) is 13.1 Å². The van der Waals surface area contributed by atoms with E-state index in [9.17, 15) is 14.0 Å². The quantitative estimate of drug-likeness (QED) is 0.551. The van der Waals surface area contributed by atoms with E-state index >= 15 is 0 Å². The number of carbonyl (C=O) groups is 2. The molecule has 1 aromatic rings. The summed E-state index contributed by atoms with van der Waals surface area (Å²) in [6, 6.07) is 4.64. The van der Waals surface area contributed by atoms with Gasteiger partial charge in [-0.2, -0.15) is 0 Å². The summed E-state index contributed by atoms with van der Waals surface area (Å²) in [4.78, 5) is 28.3. The van der Waals surface area contributed by atoms with Crippen LogP contribution in [0, 0.1) is 5.82 Å². The number of halogens is 1. The van der Waals surface area contributed by atoms with E-state index in [-0.39, 0.29) is 30.6 Å². The molecule has 1 saturated heterocycles. The Morgan fingerprint density at radius 1 is 1.10 bits per heavy atom. The highest BCUT2D eigenvalue weighted by Gasteiger charge is 2.37. The van der Waals surface area contributed by atoms with Crippen LogP contribution in [-0.4, -0.2) is 52.8 Å². The molecule has 0 saturated carbocycles. The van der Waals surface area contributed by atoms with Gasteiger partial charge in [-0.3, -0.25) is 4.90 Å². The average Bonchev–Trinajstić information content (AvgIpc) is 2.65. The topological polar surface area (TPSA) is 59.1 Å². The first-order chi connectivity index (χ1) is 14.5. The summed E-state index contributed by atoms with van der Waals surface area (Å²) in [6.45, 7) is 11.9. The van der Waals surface area contributed by atoms with Gasteiger partial charge >= 0.3 is 12.2 Å². The molecule has 6 nitrogen and oxygen atoms in total. The molecule has 0 bridgehead atoms. The second kappa shape index (κ2) is 10.8. The summed E-state index contributed by atoms with van der Waals surface area (Å²) in [5, 5.41) is 0. The van der Waals surface area contributed by atoms with Crippen molar-refractivity contribution in [1.82, 2.24) is 9.80 Å². The minimum atomic E-state index is -0.574. The van der Waals surface area contributed by atoms with Gasteiger partial charge < -0.3 is 14.4 Å². The van der Waals surface area contributed by atoms with E-state index in [1.165, 1.54) is 6.07 Å². The molecule has 1 heterocycles. The van der Waals surface area contributed by atoms with Gasteiger partial charge in [-0.15, -0.1) is 0 Å². The number of rotatable bonds is 6. The Kier molecular flexibility index (Phi) is 8.71. The lowest BCUT2D eigenvalue weighted by atomic mass is 10.1. The van der Waals surface area contributed by atoms with Crippen molar-refractivity contribution in [3.8, 4) is 0 Å². The van der Waals surface area contributed by atoms with E-state index in [4.69, 9.17) is 9.47 Å². The van der Waals surface area contributed by atoms with Crippen molar-refractivity contribution in [2.24, 2.45) is 0 Å². The Morgan fingerprint density at radius 3 is 2.29 bits per heavy atom. The molecule has 1 aromatic carbocycles. The zero-order chi connectivity index (χ0) is 23.2. The molecule has 2 amide bonds. The minimum absolute atomic E-state index is 0.119. The molecule has 2 atom stereocenters. The first-order valence-corrected chi connectivity index (χ1v) is 11.2. The number of nitrogens with zero attached hydrogens (tertiary/aromatic N) is 2. The number of carbonyl (C=O) groups excluding carboxylic acids is 2. The van der Waals surface area contributed by atoms with E-state index in [0.717, 1.165) is 31.2 Å². The Labute approximate surface area is 185 Å². The molecule has 7 heteroatoms. The van der Waals surface area contributed by atoms with E-state index < -0.39 is 11.7 Å². The van der Waals surface area contributed by atoms with Crippen molar-refractivity contribution in [2.45, 2.75) is 91.5 Å². The van der Waals surface area contributed by atoms with Crippen molar-refractivity contribution >= 4 is 12.2 Å². The van der Waals surface area contributed by atoms with Crippen molar-refractivity contribution in [3.05, 3.63) is 35.1 Å². The Hall–Kier alpha value is -2.31. The minimum Gasteiger partial charge on any atom is -0.444 e. The van der Waals surface area contributed by atoms with Crippen molar-refractivity contribution in [3.63, 3.8) is 0 Å². The van der Waals surface area contributed by atoms with E-state index in [1.807, 2.05) is 40.7 Å². The number of aryl methyl sites for hydroxylation is 1. The molecule has 0 N–H and O–H groups in total. The zero-order valence-corrected chi connectivity index (χ0v) is 19.7. The Morgan fingerprint density at radius 2 is 1.74 bits per heavy atom. The summed E-state index contributed by atoms with van der Waals surface area (Å²) < 4.78 is 25.3. The van der Waals surface area contributed by atoms with Gasteiger partial charge in [0.15, 0.2) is 0 Å². The molecular formula is C24H37FN2O4. The summed E-state index contributed by atoms with van der Waals surface area (Å²) >= 11 is 0. The molecular weight excluding hydrogens is 399 g/mol. The molecule has 0 spiro atoms. The van der Waals surface area contributed by atoms with Gasteiger partial charge in [-0.25, -0.2) is 14.0 Å². The van der Waals surface area contributed by atoms with Crippen LogP contribution >= 0.6 is 0 Å². The van der Waals surface area contributed by atoms with Crippen LogP contribution in [-0.2, 0) is 22.5 Å². The second-order valence-corrected chi connectivity index (χ2v) is 9.43. The van der Waals surface area contributed by atoms with Crippen LogP contribution < -0.4 is 0 Å². The lowest BCUT2D eigenvalue weighted by Crippen LogP contribution is -2.60. The third-order valence-corrected chi connectivity index (χ3v) is 5.32. The van der Waals surface area contributed by atoms with Gasteiger partial charge in [0.05, 0.1) is 12.1 Å².